The van der Waals surface area contributed by atoms with Crippen LogP contribution in [0, 0.1) is 13.8 Å². The molecule has 142 valence electrons. The van der Waals surface area contributed by atoms with Crippen LogP contribution in [0.4, 0.5) is 0 Å². The normalized spacial score (nSPS) is 13.5. The molecule has 0 bridgehead atoms. The van der Waals surface area contributed by atoms with Crippen molar-refractivity contribution in [2.45, 2.75) is 44.7 Å². The van der Waals surface area contributed by atoms with E-state index in [0.717, 1.165) is 11.5 Å². The fourth-order valence-electron chi connectivity index (χ4n) is 2.41. The van der Waals surface area contributed by atoms with Crippen LogP contribution in [0.1, 0.15) is 30.7 Å². The molecular formula is C18H26N4O3S. The van der Waals surface area contributed by atoms with Gasteiger partial charge in [0, 0.05) is 13.1 Å². The zero-order valence-corrected chi connectivity index (χ0v) is 16.4. The van der Waals surface area contributed by atoms with Crippen LogP contribution in [0.5, 0.6) is 0 Å². The van der Waals surface area contributed by atoms with Gasteiger partial charge in [-0.1, -0.05) is 25.1 Å². The van der Waals surface area contributed by atoms with E-state index in [1.807, 2.05) is 20.8 Å². The second-order valence-electron chi connectivity index (χ2n) is 6.02. The van der Waals surface area contributed by atoms with E-state index < -0.39 is 9.84 Å². The quantitative estimate of drug-likeness (QED) is 0.566. The highest BCUT2D eigenvalue weighted by molar-refractivity contribution is 7.91. The third kappa shape index (κ3) is 5.32. The summed E-state index contributed by atoms with van der Waals surface area (Å²) < 4.78 is 30.7. The zero-order valence-electron chi connectivity index (χ0n) is 15.6. The van der Waals surface area contributed by atoms with E-state index in [1.54, 1.807) is 37.4 Å². The van der Waals surface area contributed by atoms with Crippen LogP contribution in [0.15, 0.2) is 44.6 Å². The first-order chi connectivity index (χ1) is 12.4. The second kappa shape index (κ2) is 8.84. The van der Waals surface area contributed by atoms with E-state index in [-0.39, 0.29) is 11.8 Å². The Kier molecular flexibility index (Phi) is 6.79. The number of nitrogens with one attached hydrogen (secondary N) is 2. The minimum atomic E-state index is -3.37. The van der Waals surface area contributed by atoms with Crippen molar-refractivity contribution in [3.8, 4) is 0 Å². The molecule has 0 saturated carbocycles. The SMILES string of the molecule is CCC(CS(=O)(=O)c1ccccc1)NC(=NC)NCc1nc(C)c(C)o1. The van der Waals surface area contributed by atoms with Gasteiger partial charge >= 0.3 is 0 Å². The van der Waals surface area contributed by atoms with Crippen molar-refractivity contribution in [2.24, 2.45) is 4.99 Å². The number of aryl methyl sites for hydroxylation is 2. The smallest absolute Gasteiger partial charge is 0.214 e. The Labute approximate surface area is 154 Å². The molecule has 1 atom stereocenters. The first-order valence-corrected chi connectivity index (χ1v) is 10.2. The first-order valence-electron chi connectivity index (χ1n) is 8.53. The number of aromatic nitrogens is 1. The lowest BCUT2D eigenvalue weighted by Crippen LogP contribution is -2.45. The molecule has 0 aliphatic carbocycles. The Hall–Kier alpha value is -2.35. The lowest BCUT2D eigenvalue weighted by Gasteiger charge is -2.20. The molecule has 2 N–H and O–H groups in total. The maximum Gasteiger partial charge on any atom is 0.214 e. The first kappa shape index (κ1) is 20.0. The molecule has 2 aromatic rings. The van der Waals surface area contributed by atoms with Crippen LogP contribution in [0.2, 0.25) is 0 Å². The van der Waals surface area contributed by atoms with E-state index >= 15 is 0 Å². The second-order valence-corrected chi connectivity index (χ2v) is 8.05. The summed E-state index contributed by atoms with van der Waals surface area (Å²) in [5, 5.41) is 6.27. The van der Waals surface area contributed by atoms with Gasteiger partial charge < -0.3 is 15.1 Å². The molecule has 0 fully saturated rings. The van der Waals surface area contributed by atoms with E-state index in [4.69, 9.17) is 4.42 Å². The molecule has 1 unspecified atom stereocenters. The molecule has 0 saturated heterocycles. The summed E-state index contributed by atoms with van der Waals surface area (Å²) in [7, 11) is -1.73. The summed E-state index contributed by atoms with van der Waals surface area (Å²) in [6, 6.07) is 8.21. The number of benzene rings is 1. The molecule has 0 aliphatic rings. The molecule has 2 rings (SSSR count). The average molecular weight is 378 g/mol. The Bertz CT molecular complexity index is 825. The van der Waals surface area contributed by atoms with E-state index in [0.29, 0.717) is 29.7 Å². The Morgan fingerprint density at radius 2 is 1.96 bits per heavy atom. The number of oxazole rings is 1. The maximum atomic E-state index is 12.6. The summed E-state index contributed by atoms with van der Waals surface area (Å²) in [5.41, 5.74) is 0.852. The van der Waals surface area contributed by atoms with E-state index in [9.17, 15) is 8.42 Å². The molecule has 0 aliphatic heterocycles. The van der Waals surface area contributed by atoms with Crippen molar-refractivity contribution in [2.75, 3.05) is 12.8 Å². The third-order valence-corrected chi connectivity index (χ3v) is 5.89. The largest absolute Gasteiger partial charge is 0.444 e. The lowest BCUT2D eigenvalue weighted by molar-refractivity contribution is 0.462. The minimum absolute atomic E-state index is 0.00850. The highest BCUT2D eigenvalue weighted by atomic mass is 32.2. The van der Waals surface area contributed by atoms with E-state index in [1.165, 1.54) is 0 Å². The van der Waals surface area contributed by atoms with Gasteiger partial charge in [0.25, 0.3) is 0 Å². The van der Waals surface area contributed by atoms with Crippen LogP contribution in [-0.4, -0.2) is 38.2 Å². The number of aliphatic imine (C=N–C) groups is 1. The molecule has 1 aromatic heterocycles. The summed E-state index contributed by atoms with van der Waals surface area (Å²) in [6.07, 6.45) is 0.643. The number of rotatable bonds is 7. The minimum Gasteiger partial charge on any atom is -0.444 e. The van der Waals surface area contributed by atoms with Crippen LogP contribution >= 0.6 is 0 Å². The molecule has 0 amide bonds. The van der Waals surface area contributed by atoms with Crippen molar-refractivity contribution < 1.29 is 12.8 Å². The van der Waals surface area contributed by atoms with Gasteiger partial charge in [-0.2, -0.15) is 0 Å². The van der Waals surface area contributed by atoms with Crippen LogP contribution < -0.4 is 10.6 Å². The molecular weight excluding hydrogens is 352 g/mol. The third-order valence-electron chi connectivity index (χ3n) is 4.06. The number of hydrogen-bond donors (Lipinski definition) is 2. The average Bonchev–Trinajstić information content (AvgIpc) is 2.96. The summed E-state index contributed by atoms with van der Waals surface area (Å²) in [6.45, 7) is 6.06. The van der Waals surface area contributed by atoms with Crippen LogP contribution in [0.3, 0.4) is 0 Å². The number of guanidine groups is 1. The number of hydrogen-bond acceptors (Lipinski definition) is 5. The number of nitrogens with zero attached hydrogens (tertiary/aromatic N) is 2. The Balaban J connectivity index is 1.98. The lowest BCUT2D eigenvalue weighted by atomic mass is 10.3. The maximum absolute atomic E-state index is 12.6. The molecule has 1 heterocycles. The molecule has 8 heteroatoms. The monoisotopic (exact) mass is 378 g/mol. The van der Waals surface area contributed by atoms with Gasteiger partial charge in [-0.05, 0) is 32.4 Å². The zero-order chi connectivity index (χ0) is 19.2. The number of sulfone groups is 1. The Morgan fingerprint density at radius 1 is 1.27 bits per heavy atom. The van der Waals surface area contributed by atoms with Crippen LogP contribution in [-0.2, 0) is 16.4 Å². The summed E-state index contributed by atoms with van der Waals surface area (Å²) in [4.78, 5) is 8.79. The van der Waals surface area contributed by atoms with Crippen molar-refractivity contribution in [1.82, 2.24) is 15.6 Å². The fourth-order valence-corrected chi connectivity index (χ4v) is 4.03. The van der Waals surface area contributed by atoms with Crippen molar-refractivity contribution in [1.29, 1.82) is 0 Å². The predicted octanol–water partition coefficient (Wildman–Crippen LogP) is 2.21. The van der Waals surface area contributed by atoms with Gasteiger partial charge in [0.05, 0.1) is 22.9 Å². The van der Waals surface area contributed by atoms with Gasteiger partial charge in [-0.25, -0.2) is 13.4 Å². The highest BCUT2D eigenvalue weighted by Gasteiger charge is 2.21. The van der Waals surface area contributed by atoms with Gasteiger partial charge in [0.15, 0.2) is 15.8 Å². The van der Waals surface area contributed by atoms with Gasteiger partial charge in [-0.15, -0.1) is 0 Å². The molecule has 0 spiro atoms. The molecule has 1 aromatic carbocycles. The summed E-state index contributed by atoms with van der Waals surface area (Å²) >= 11 is 0. The topological polar surface area (TPSA) is 96.6 Å². The van der Waals surface area contributed by atoms with Gasteiger partial charge in [-0.3, -0.25) is 4.99 Å². The fraction of sp³-hybridized carbons (Fsp3) is 0.444. The molecule has 26 heavy (non-hydrogen) atoms. The van der Waals surface area contributed by atoms with E-state index in [2.05, 4.69) is 20.6 Å². The standard InChI is InChI=1S/C18H26N4O3S/c1-5-15(12-26(23,24)16-9-7-6-8-10-16)22-18(19-4)20-11-17-21-13(2)14(3)25-17/h6-10,15H,5,11-12H2,1-4H3,(H2,19,20,22). The Morgan fingerprint density at radius 3 is 2.50 bits per heavy atom. The predicted molar refractivity (Wildman–Crippen MR) is 102 cm³/mol. The van der Waals surface area contributed by atoms with Gasteiger partial charge in [0.2, 0.25) is 5.89 Å². The molecule has 0 radical (unpaired) electrons. The van der Waals surface area contributed by atoms with Gasteiger partial charge in [0.1, 0.15) is 5.76 Å². The molecule has 7 nitrogen and oxygen atoms in total. The van der Waals surface area contributed by atoms with Crippen molar-refractivity contribution in [3.05, 3.63) is 47.7 Å². The van der Waals surface area contributed by atoms with Crippen molar-refractivity contribution >= 4 is 15.8 Å². The summed E-state index contributed by atoms with van der Waals surface area (Å²) in [5.74, 6) is 1.84. The highest BCUT2D eigenvalue weighted by Crippen LogP contribution is 2.12. The van der Waals surface area contributed by atoms with Crippen molar-refractivity contribution in [3.63, 3.8) is 0 Å². The van der Waals surface area contributed by atoms with Crippen LogP contribution in [0.25, 0.3) is 0 Å².